The fourth-order valence-corrected chi connectivity index (χ4v) is 3.06. The SMILES string of the molecule is O=C(O)[C@@H]1Cc2ccccc2CN1C(=O)c1c[nH]c(=O)c(Br)c1. The Morgan fingerprint density at radius 1 is 1.26 bits per heavy atom. The van der Waals surface area contributed by atoms with Gasteiger partial charge in [-0.15, -0.1) is 0 Å². The van der Waals surface area contributed by atoms with Crippen LogP contribution in [0.3, 0.4) is 0 Å². The van der Waals surface area contributed by atoms with E-state index in [1.54, 1.807) is 0 Å². The van der Waals surface area contributed by atoms with Crippen LogP contribution in [0.15, 0.2) is 45.8 Å². The summed E-state index contributed by atoms with van der Waals surface area (Å²) < 4.78 is 0.229. The summed E-state index contributed by atoms with van der Waals surface area (Å²) in [5.74, 6) is -1.47. The van der Waals surface area contributed by atoms with Crippen molar-refractivity contribution in [3.05, 3.63) is 68.0 Å². The number of aromatic amines is 1. The lowest BCUT2D eigenvalue weighted by Gasteiger charge is -2.34. The Morgan fingerprint density at radius 3 is 2.61 bits per heavy atom. The highest BCUT2D eigenvalue weighted by Crippen LogP contribution is 2.25. The van der Waals surface area contributed by atoms with Crippen LogP contribution >= 0.6 is 15.9 Å². The van der Waals surface area contributed by atoms with E-state index >= 15 is 0 Å². The summed E-state index contributed by atoms with van der Waals surface area (Å²) in [6.07, 6.45) is 1.57. The Kier molecular flexibility index (Phi) is 4.04. The number of carboxylic acid groups (broad SMARTS) is 1. The van der Waals surface area contributed by atoms with Crippen LogP contribution in [0.5, 0.6) is 0 Å². The molecule has 0 saturated heterocycles. The molecule has 6 nitrogen and oxygen atoms in total. The third kappa shape index (κ3) is 2.92. The molecule has 1 aliphatic heterocycles. The Labute approximate surface area is 139 Å². The van der Waals surface area contributed by atoms with Gasteiger partial charge in [0.1, 0.15) is 6.04 Å². The molecule has 0 radical (unpaired) electrons. The zero-order valence-corrected chi connectivity index (χ0v) is 13.5. The number of H-pyrrole nitrogens is 1. The van der Waals surface area contributed by atoms with Crippen molar-refractivity contribution in [1.82, 2.24) is 9.88 Å². The van der Waals surface area contributed by atoms with Crippen molar-refractivity contribution < 1.29 is 14.7 Å². The molecule has 2 N–H and O–H groups in total. The number of hydrogen-bond donors (Lipinski definition) is 2. The van der Waals surface area contributed by atoms with E-state index < -0.39 is 17.9 Å². The number of hydrogen-bond acceptors (Lipinski definition) is 3. The van der Waals surface area contributed by atoms with Crippen LogP contribution in [0.1, 0.15) is 21.5 Å². The third-order valence-corrected chi connectivity index (χ3v) is 4.49. The number of amides is 1. The molecule has 1 aromatic heterocycles. The number of rotatable bonds is 2. The summed E-state index contributed by atoms with van der Waals surface area (Å²) in [5, 5.41) is 9.47. The average molecular weight is 377 g/mol. The third-order valence-electron chi connectivity index (χ3n) is 3.90. The summed E-state index contributed by atoms with van der Waals surface area (Å²) in [6.45, 7) is 0.225. The maximum Gasteiger partial charge on any atom is 0.326 e. The normalized spacial score (nSPS) is 16.7. The number of benzene rings is 1. The maximum absolute atomic E-state index is 12.7. The van der Waals surface area contributed by atoms with Crippen LogP contribution in [0.2, 0.25) is 0 Å². The average Bonchev–Trinajstić information content (AvgIpc) is 2.55. The Hall–Kier alpha value is -2.41. The first-order valence-corrected chi connectivity index (χ1v) is 7.75. The molecule has 2 aromatic rings. The molecule has 118 valence electrons. The molecule has 0 bridgehead atoms. The number of aliphatic carboxylic acids is 1. The monoisotopic (exact) mass is 376 g/mol. The van der Waals surface area contributed by atoms with E-state index in [4.69, 9.17) is 0 Å². The van der Waals surface area contributed by atoms with Gasteiger partial charge in [-0.1, -0.05) is 24.3 Å². The molecule has 0 saturated carbocycles. The highest BCUT2D eigenvalue weighted by molar-refractivity contribution is 9.10. The number of halogens is 1. The lowest BCUT2D eigenvalue weighted by molar-refractivity contribution is -0.142. The van der Waals surface area contributed by atoms with Gasteiger partial charge in [-0.05, 0) is 33.1 Å². The number of carbonyl (C=O) groups is 2. The highest BCUT2D eigenvalue weighted by atomic mass is 79.9. The second kappa shape index (κ2) is 6.00. The minimum atomic E-state index is -1.05. The van der Waals surface area contributed by atoms with Gasteiger partial charge in [0.15, 0.2) is 0 Å². The lowest BCUT2D eigenvalue weighted by atomic mass is 9.93. The summed E-state index contributed by atoms with van der Waals surface area (Å²) in [6, 6.07) is 7.96. The molecule has 7 heteroatoms. The highest BCUT2D eigenvalue weighted by Gasteiger charge is 2.35. The topological polar surface area (TPSA) is 90.5 Å². The van der Waals surface area contributed by atoms with Crippen molar-refractivity contribution in [3.63, 3.8) is 0 Å². The molecule has 0 spiro atoms. The molecule has 1 amide bonds. The smallest absolute Gasteiger partial charge is 0.326 e. The molecule has 1 atom stereocenters. The van der Waals surface area contributed by atoms with Gasteiger partial charge < -0.3 is 15.0 Å². The number of fused-ring (bicyclic) bond motifs is 1. The van der Waals surface area contributed by atoms with E-state index in [2.05, 4.69) is 20.9 Å². The van der Waals surface area contributed by atoms with E-state index in [1.165, 1.54) is 17.2 Å². The van der Waals surface area contributed by atoms with Crippen molar-refractivity contribution in [2.45, 2.75) is 19.0 Å². The lowest BCUT2D eigenvalue weighted by Crippen LogP contribution is -2.48. The van der Waals surface area contributed by atoms with Crippen molar-refractivity contribution in [1.29, 1.82) is 0 Å². The molecular weight excluding hydrogens is 364 g/mol. The van der Waals surface area contributed by atoms with Gasteiger partial charge in [0.2, 0.25) is 0 Å². The molecule has 1 aliphatic rings. The summed E-state index contributed by atoms with van der Waals surface area (Å²) in [7, 11) is 0. The second-order valence-electron chi connectivity index (χ2n) is 5.33. The predicted molar refractivity (Wildman–Crippen MR) is 86.2 cm³/mol. The van der Waals surface area contributed by atoms with Gasteiger partial charge in [0, 0.05) is 19.2 Å². The van der Waals surface area contributed by atoms with E-state index in [9.17, 15) is 19.5 Å². The van der Waals surface area contributed by atoms with Gasteiger partial charge in [-0.3, -0.25) is 9.59 Å². The fraction of sp³-hybridized carbons (Fsp3) is 0.188. The Bertz CT molecular complexity index is 846. The molecular formula is C16H13BrN2O4. The zero-order chi connectivity index (χ0) is 16.6. The Balaban J connectivity index is 1.99. The molecule has 2 heterocycles. The minimum absolute atomic E-state index is 0.225. The molecule has 0 unspecified atom stereocenters. The first kappa shape index (κ1) is 15.5. The predicted octanol–water partition coefficient (Wildman–Crippen LogP) is 1.79. The van der Waals surface area contributed by atoms with Gasteiger partial charge >= 0.3 is 5.97 Å². The minimum Gasteiger partial charge on any atom is -0.480 e. The number of aromatic nitrogens is 1. The number of nitrogens with zero attached hydrogens (tertiary/aromatic N) is 1. The molecule has 1 aromatic carbocycles. The molecule has 3 rings (SSSR count). The molecule has 0 aliphatic carbocycles. The van der Waals surface area contributed by atoms with E-state index in [-0.39, 0.29) is 28.6 Å². The molecule has 0 fully saturated rings. The number of carbonyl (C=O) groups excluding carboxylic acids is 1. The van der Waals surface area contributed by atoms with Crippen LogP contribution in [-0.2, 0) is 17.8 Å². The van der Waals surface area contributed by atoms with E-state index in [0.717, 1.165) is 11.1 Å². The number of nitrogens with one attached hydrogen (secondary N) is 1. The van der Waals surface area contributed by atoms with Crippen LogP contribution in [-0.4, -0.2) is 32.9 Å². The largest absolute Gasteiger partial charge is 0.480 e. The van der Waals surface area contributed by atoms with Crippen molar-refractivity contribution >= 4 is 27.8 Å². The summed E-state index contributed by atoms with van der Waals surface area (Å²) in [4.78, 5) is 39.4. The van der Waals surface area contributed by atoms with Gasteiger partial charge in [0.25, 0.3) is 11.5 Å². The van der Waals surface area contributed by atoms with E-state index in [1.807, 2.05) is 24.3 Å². The van der Waals surface area contributed by atoms with Crippen molar-refractivity contribution in [3.8, 4) is 0 Å². The summed E-state index contributed by atoms with van der Waals surface area (Å²) >= 11 is 3.08. The van der Waals surface area contributed by atoms with Crippen LogP contribution in [0, 0.1) is 0 Å². The van der Waals surface area contributed by atoms with Crippen molar-refractivity contribution in [2.24, 2.45) is 0 Å². The first-order valence-electron chi connectivity index (χ1n) is 6.96. The second-order valence-corrected chi connectivity index (χ2v) is 6.18. The van der Waals surface area contributed by atoms with E-state index in [0.29, 0.717) is 0 Å². The molecule has 23 heavy (non-hydrogen) atoms. The first-order chi connectivity index (χ1) is 11.0. The standard InChI is InChI=1S/C16H13BrN2O4/c17-12-5-11(7-18-14(12)20)15(21)19-8-10-4-2-1-3-9(10)6-13(19)16(22)23/h1-5,7,13H,6,8H2,(H,18,20)(H,22,23)/t13-/m0/s1. The van der Waals surface area contributed by atoms with Crippen LogP contribution in [0.4, 0.5) is 0 Å². The number of pyridine rings is 1. The van der Waals surface area contributed by atoms with Crippen molar-refractivity contribution in [2.75, 3.05) is 0 Å². The quantitative estimate of drug-likeness (QED) is 0.835. The van der Waals surface area contributed by atoms with Gasteiger partial charge in [0.05, 0.1) is 10.0 Å². The van der Waals surface area contributed by atoms with Gasteiger partial charge in [-0.2, -0.15) is 0 Å². The maximum atomic E-state index is 12.7. The Morgan fingerprint density at radius 2 is 1.96 bits per heavy atom. The van der Waals surface area contributed by atoms with Crippen LogP contribution in [0.25, 0.3) is 0 Å². The zero-order valence-electron chi connectivity index (χ0n) is 12.0. The fourth-order valence-electron chi connectivity index (χ4n) is 2.70. The summed E-state index contributed by atoms with van der Waals surface area (Å²) in [5.41, 5.74) is 1.76. The number of carboxylic acids is 1. The van der Waals surface area contributed by atoms with Gasteiger partial charge in [-0.25, -0.2) is 4.79 Å². The van der Waals surface area contributed by atoms with Crippen LogP contribution < -0.4 is 5.56 Å².